The topological polar surface area (TPSA) is 115 Å². The molecule has 0 saturated carbocycles. The fourth-order valence-corrected chi connectivity index (χ4v) is 4.94. The predicted molar refractivity (Wildman–Crippen MR) is 120 cm³/mol. The number of aromatic nitrogens is 1. The van der Waals surface area contributed by atoms with E-state index in [9.17, 15) is 18.0 Å². The molecule has 0 fully saturated rings. The molecule has 0 saturated heterocycles. The van der Waals surface area contributed by atoms with E-state index in [0.717, 1.165) is 4.90 Å². The molecule has 0 radical (unpaired) electrons. The number of anilines is 1. The molecule has 4 rings (SSSR count). The Kier molecular flexibility index (Phi) is 5.96. The lowest BCUT2D eigenvalue weighted by atomic mass is 10.2. The van der Waals surface area contributed by atoms with Gasteiger partial charge < -0.3 is 9.47 Å². The molecule has 1 aliphatic heterocycles. The molecule has 2 heterocycles. The van der Waals surface area contributed by atoms with Gasteiger partial charge in [-0.25, -0.2) is 8.42 Å². The fraction of sp³-hybridized carbons (Fsp3) is 0.136. The maximum Gasteiger partial charge on any atom is 0.280 e. The van der Waals surface area contributed by atoms with Crippen LogP contribution in [0.1, 0.15) is 26.4 Å². The van der Waals surface area contributed by atoms with Crippen LogP contribution in [0.4, 0.5) is 5.69 Å². The first-order valence-corrected chi connectivity index (χ1v) is 11.5. The number of benzene rings is 2. The van der Waals surface area contributed by atoms with Crippen molar-refractivity contribution in [1.29, 1.82) is 0 Å². The summed E-state index contributed by atoms with van der Waals surface area (Å²) >= 11 is 6.09. The molecule has 9 nitrogen and oxygen atoms in total. The van der Waals surface area contributed by atoms with Crippen LogP contribution in [0, 0.1) is 0 Å². The van der Waals surface area contributed by atoms with Crippen molar-refractivity contribution >= 4 is 39.1 Å². The number of methoxy groups -OCH3 is 2. The zero-order chi connectivity index (χ0) is 23.8. The van der Waals surface area contributed by atoms with E-state index in [0.29, 0.717) is 11.3 Å². The van der Waals surface area contributed by atoms with Gasteiger partial charge in [-0.15, -0.1) is 0 Å². The molecule has 33 heavy (non-hydrogen) atoms. The van der Waals surface area contributed by atoms with Gasteiger partial charge in [0.15, 0.2) is 0 Å². The van der Waals surface area contributed by atoms with Crippen LogP contribution in [-0.4, -0.2) is 44.3 Å². The number of rotatable bonds is 7. The number of fused-ring (bicyclic) bond motifs is 1. The summed E-state index contributed by atoms with van der Waals surface area (Å²) in [4.78, 5) is 30.1. The lowest BCUT2D eigenvalue weighted by Crippen LogP contribution is -2.29. The Labute approximate surface area is 195 Å². The summed E-state index contributed by atoms with van der Waals surface area (Å²) in [5, 5.41) is 0.234. The number of nitrogens with zero attached hydrogens (tertiary/aromatic N) is 2. The summed E-state index contributed by atoms with van der Waals surface area (Å²) in [6.07, 6.45) is 1.43. The van der Waals surface area contributed by atoms with Gasteiger partial charge in [-0.05, 0) is 48.0 Å². The average Bonchev–Trinajstić information content (AvgIpc) is 3.04. The molecule has 0 atom stereocenters. The minimum Gasteiger partial charge on any atom is -0.495 e. The van der Waals surface area contributed by atoms with Crippen LogP contribution in [0.3, 0.4) is 0 Å². The number of pyridine rings is 1. The van der Waals surface area contributed by atoms with Gasteiger partial charge in [-0.3, -0.25) is 24.2 Å². The molecule has 3 aromatic rings. The smallest absolute Gasteiger partial charge is 0.280 e. The lowest BCUT2D eigenvalue weighted by molar-refractivity contribution is 0.0640. The second kappa shape index (κ2) is 8.72. The van der Waals surface area contributed by atoms with E-state index in [-0.39, 0.29) is 39.2 Å². The van der Waals surface area contributed by atoms with Gasteiger partial charge >= 0.3 is 0 Å². The van der Waals surface area contributed by atoms with Crippen LogP contribution >= 0.6 is 11.6 Å². The highest BCUT2D eigenvalue weighted by molar-refractivity contribution is 7.92. The van der Waals surface area contributed by atoms with Crippen LogP contribution in [-0.2, 0) is 16.6 Å². The molecule has 11 heteroatoms. The molecule has 1 aliphatic rings. The van der Waals surface area contributed by atoms with E-state index in [1.165, 1.54) is 56.8 Å². The van der Waals surface area contributed by atoms with Gasteiger partial charge in [-0.2, -0.15) is 0 Å². The molecule has 2 amide bonds. The third-order valence-electron chi connectivity index (χ3n) is 4.99. The highest BCUT2D eigenvalue weighted by atomic mass is 35.5. The molecule has 1 aromatic heterocycles. The van der Waals surface area contributed by atoms with Crippen molar-refractivity contribution in [2.45, 2.75) is 11.4 Å². The van der Waals surface area contributed by atoms with Crippen molar-refractivity contribution in [3.05, 3.63) is 76.6 Å². The molecule has 0 bridgehead atoms. The van der Waals surface area contributed by atoms with Crippen molar-refractivity contribution in [2.24, 2.45) is 0 Å². The summed E-state index contributed by atoms with van der Waals surface area (Å²) in [5.74, 6) is -0.541. The van der Waals surface area contributed by atoms with E-state index >= 15 is 0 Å². The van der Waals surface area contributed by atoms with Crippen LogP contribution in [0.15, 0.2) is 59.6 Å². The molecular formula is C22H18ClN3O6S. The van der Waals surface area contributed by atoms with E-state index in [2.05, 4.69) is 9.71 Å². The van der Waals surface area contributed by atoms with Gasteiger partial charge in [0.05, 0.1) is 37.0 Å². The summed E-state index contributed by atoms with van der Waals surface area (Å²) < 4.78 is 39.0. The molecule has 1 N–H and O–H groups in total. The highest BCUT2D eigenvalue weighted by Gasteiger charge is 2.36. The summed E-state index contributed by atoms with van der Waals surface area (Å²) in [7, 11) is -1.31. The average molecular weight is 488 g/mol. The largest absolute Gasteiger partial charge is 0.495 e. The lowest BCUT2D eigenvalue weighted by Gasteiger charge is -2.17. The molecule has 170 valence electrons. The third-order valence-corrected chi connectivity index (χ3v) is 6.69. The number of carbonyl (C=O) groups is 2. The van der Waals surface area contributed by atoms with Crippen molar-refractivity contribution in [1.82, 2.24) is 9.88 Å². The van der Waals surface area contributed by atoms with Crippen molar-refractivity contribution in [2.75, 3.05) is 18.9 Å². The van der Waals surface area contributed by atoms with Gasteiger partial charge in [-0.1, -0.05) is 17.7 Å². The molecule has 0 aliphatic carbocycles. The number of hydrogen-bond acceptors (Lipinski definition) is 7. The summed E-state index contributed by atoms with van der Waals surface area (Å²) in [5.41, 5.74) is 0.918. The van der Waals surface area contributed by atoms with Crippen molar-refractivity contribution < 1.29 is 27.5 Å². The Morgan fingerprint density at radius 1 is 1.00 bits per heavy atom. The Balaban J connectivity index is 1.64. The van der Waals surface area contributed by atoms with Crippen LogP contribution in [0.5, 0.6) is 11.5 Å². The van der Waals surface area contributed by atoms with Gasteiger partial charge in [0.1, 0.15) is 22.1 Å². The number of hydrogen-bond donors (Lipinski definition) is 1. The van der Waals surface area contributed by atoms with Crippen molar-refractivity contribution in [3.8, 4) is 11.5 Å². The zero-order valence-electron chi connectivity index (χ0n) is 17.5. The van der Waals surface area contributed by atoms with Crippen LogP contribution < -0.4 is 14.2 Å². The van der Waals surface area contributed by atoms with E-state index < -0.39 is 21.8 Å². The van der Waals surface area contributed by atoms with E-state index in [1.54, 1.807) is 12.1 Å². The first-order valence-electron chi connectivity index (χ1n) is 9.59. The van der Waals surface area contributed by atoms with Crippen LogP contribution in [0.2, 0.25) is 5.02 Å². The van der Waals surface area contributed by atoms with Gasteiger partial charge in [0.2, 0.25) is 0 Å². The fourth-order valence-electron chi connectivity index (χ4n) is 3.41. The van der Waals surface area contributed by atoms with Gasteiger partial charge in [0.25, 0.3) is 21.8 Å². The first-order chi connectivity index (χ1) is 15.7. The maximum absolute atomic E-state index is 13.1. The Morgan fingerprint density at radius 2 is 1.73 bits per heavy atom. The number of carbonyl (C=O) groups excluding carboxylic acids is 2. The number of ether oxygens (including phenoxy) is 2. The highest BCUT2D eigenvalue weighted by Crippen LogP contribution is 2.32. The molecule has 0 spiro atoms. The van der Waals surface area contributed by atoms with E-state index in [1.807, 2.05) is 0 Å². The Bertz CT molecular complexity index is 1340. The Hall–Kier alpha value is -3.63. The van der Waals surface area contributed by atoms with Crippen molar-refractivity contribution in [3.63, 3.8) is 0 Å². The molecule has 2 aromatic carbocycles. The number of halogens is 1. The molecule has 0 unspecified atom stereocenters. The second-order valence-electron chi connectivity index (χ2n) is 7.04. The number of amides is 2. The zero-order valence-corrected chi connectivity index (χ0v) is 19.1. The number of sulfonamides is 1. The quantitative estimate of drug-likeness (QED) is 0.508. The third kappa shape index (κ3) is 4.22. The summed E-state index contributed by atoms with van der Waals surface area (Å²) in [6, 6.07) is 11.9. The van der Waals surface area contributed by atoms with E-state index in [4.69, 9.17) is 21.1 Å². The van der Waals surface area contributed by atoms with Crippen LogP contribution in [0.25, 0.3) is 0 Å². The normalized spacial score (nSPS) is 13.1. The van der Waals surface area contributed by atoms with Gasteiger partial charge in [0, 0.05) is 6.20 Å². The number of nitrogens with one attached hydrogen (secondary N) is 1. The Morgan fingerprint density at radius 3 is 2.39 bits per heavy atom. The predicted octanol–water partition coefficient (Wildman–Crippen LogP) is 3.35. The first kappa shape index (κ1) is 22.6. The minimum absolute atomic E-state index is 0.0712. The minimum atomic E-state index is -4.10. The maximum atomic E-state index is 13.1. The molecular weight excluding hydrogens is 470 g/mol. The SMILES string of the molecule is COc1ccc(NS(=O)(=O)c2cc(CN3C(=O)c4cccnc4C3=O)ccc2OC)cc1Cl. The monoisotopic (exact) mass is 487 g/mol. The standard InChI is InChI=1S/C22H18ClN3O6S/c1-31-17-8-6-14(11-16(17)23)25-33(29,30)19-10-13(5-7-18(19)32-2)12-26-21(27)15-4-3-9-24-20(15)22(26)28/h3-11,25H,12H2,1-2H3. The number of imide groups is 1. The second-order valence-corrected chi connectivity index (χ2v) is 9.09. The summed E-state index contributed by atoms with van der Waals surface area (Å²) in [6.45, 7) is -0.130.